The van der Waals surface area contributed by atoms with Crippen molar-refractivity contribution in [2.24, 2.45) is 7.05 Å². The van der Waals surface area contributed by atoms with Gasteiger partial charge >= 0.3 is 0 Å². The minimum absolute atomic E-state index is 0.0449. The Morgan fingerprint density at radius 2 is 1.70 bits per heavy atom. The van der Waals surface area contributed by atoms with Gasteiger partial charge in [0.15, 0.2) is 11.6 Å². The molecule has 3 aromatic carbocycles. The van der Waals surface area contributed by atoms with Crippen molar-refractivity contribution in [3.05, 3.63) is 131 Å². The Hall–Kier alpha value is -4.79. The monoisotopic (exact) mass is 628 g/mol. The molecule has 6 nitrogen and oxygen atoms in total. The average Bonchev–Trinajstić information content (AvgIpc) is 3.62. The number of aryl methyl sites for hydroxylation is 2. The van der Waals surface area contributed by atoms with E-state index in [0.29, 0.717) is 16.1 Å². The number of hydrogen-bond donors (Lipinski definition) is 0. The van der Waals surface area contributed by atoms with Gasteiger partial charge in [0.2, 0.25) is 5.78 Å². The van der Waals surface area contributed by atoms with Gasteiger partial charge in [-0.3, -0.25) is 14.5 Å². The van der Waals surface area contributed by atoms with E-state index in [-0.39, 0.29) is 22.8 Å². The predicted octanol–water partition coefficient (Wildman–Crippen LogP) is 8.42. The van der Waals surface area contributed by atoms with Gasteiger partial charge in [-0.15, -0.1) is 11.6 Å². The number of allylic oxidation sites excluding steroid dienone is 1. The summed E-state index contributed by atoms with van der Waals surface area (Å²) in [7, 11) is 1.89. The van der Waals surface area contributed by atoms with Crippen LogP contribution in [0.3, 0.4) is 0 Å². The number of hydrogen-bond acceptors (Lipinski definition) is 3. The third kappa shape index (κ3) is 4.96. The fourth-order valence-corrected chi connectivity index (χ4v) is 5.92. The van der Waals surface area contributed by atoms with Crippen molar-refractivity contribution in [3.63, 3.8) is 0 Å². The molecule has 44 heavy (non-hydrogen) atoms. The number of anilines is 2. The number of para-hydroxylation sites is 1. The number of aromatic nitrogens is 3. The largest absolute Gasteiger partial charge is 0.334 e. The minimum atomic E-state index is -1.07. The average molecular weight is 629 g/mol. The summed E-state index contributed by atoms with van der Waals surface area (Å²) in [6, 6.07) is 19.0. The van der Waals surface area contributed by atoms with Crippen LogP contribution >= 0.6 is 23.2 Å². The molecular weight excluding hydrogens is 605 g/mol. The number of fused-ring (bicyclic) bond motifs is 2. The Bertz CT molecular complexity index is 2100. The Balaban J connectivity index is 1.43. The maximum Gasteiger partial charge on any atom is 0.255 e. The van der Waals surface area contributed by atoms with Crippen LogP contribution in [-0.4, -0.2) is 31.5 Å². The number of carbonyl (C=O) groups is 2. The summed E-state index contributed by atoms with van der Waals surface area (Å²) in [5, 5.41) is 0.487. The second-order valence-corrected chi connectivity index (χ2v) is 10.9. The maximum absolute atomic E-state index is 15.7. The highest BCUT2D eigenvalue weighted by molar-refractivity contribution is 6.38. The molecule has 1 amide bonds. The molecule has 6 aromatic rings. The number of alkyl halides is 1. The van der Waals surface area contributed by atoms with Crippen molar-refractivity contribution in [2.45, 2.75) is 6.92 Å². The van der Waals surface area contributed by atoms with E-state index in [2.05, 4.69) is 4.98 Å². The fraction of sp³-hybridized carbons (Fsp3) is 0.0882. The maximum atomic E-state index is 15.7. The first-order valence-corrected chi connectivity index (χ1v) is 14.5. The van der Waals surface area contributed by atoms with E-state index in [9.17, 15) is 9.59 Å². The molecule has 0 aliphatic carbocycles. The van der Waals surface area contributed by atoms with Gasteiger partial charge in [0, 0.05) is 47.6 Å². The molecule has 3 heterocycles. The smallest absolute Gasteiger partial charge is 0.255 e. The van der Waals surface area contributed by atoms with Gasteiger partial charge in [0.05, 0.1) is 28.1 Å². The topological polar surface area (TPSA) is 59.6 Å². The second kappa shape index (κ2) is 11.7. The van der Waals surface area contributed by atoms with Crippen LogP contribution < -0.4 is 4.90 Å². The first kappa shape index (κ1) is 29.3. The van der Waals surface area contributed by atoms with Crippen molar-refractivity contribution in [1.29, 1.82) is 0 Å². The van der Waals surface area contributed by atoms with E-state index in [4.69, 9.17) is 23.2 Å². The minimum Gasteiger partial charge on any atom is -0.334 e. The normalized spacial score (nSPS) is 11.6. The van der Waals surface area contributed by atoms with E-state index in [0.717, 1.165) is 45.3 Å². The van der Waals surface area contributed by atoms with Crippen LogP contribution in [0.1, 0.15) is 21.6 Å². The van der Waals surface area contributed by atoms with Crippen LogP contribution in [0.25, 0.3) is 27.7 Å². The van der Waals surface area contributed by atoms with E-state index in [1.54, 1.807) is 65.5 Å². The Morgan fingerprint density at radius 3 is 2.41 bits per heavy atom. The Kier molecular flexibility index (Phi) is 7.80. The molecule has 3 aromatic heterocycles. The predicted molar refractivity (Wildman–Crippen MR) is 170 cm³/mol. The molecule has 0 fully saturated rings. The van der Waals surface area contributed by atoms with E-state index < -0.39 is 29.0 Å². The first-order valence-electron chi connectivity index (χ1n) is 13.6. The third-order valence-corrected chi connectivity index (χ3v) is 7.98. The van der Waals surface area contributed by atoms with Crippen molar-refractivity contribution in [1.82, 2.24) is 14.0 Å². The molecule has 0 aliphatic rings. The number of halogens is 4. The number of amides is 1. The molecule has 0 atom stereocenters. The van der Waals surface area contributed by atoms with Crippen LogP contribution in [0.15, 0.2) is 97.5 Å². The lowest BCUT2D eigenvalue weighted by atomic mass is 9.99. The Labute approximate surface area is 261 Å². The van der Waals surface area contributed by atoms with Crippen LogP contribution in [0.2, 0.25) is 5.02 Å². The molecular formula is C34H24Cl2F2N4O2. The highest BCUT2D eigenvalue weighted by atomic mass is 35.5. The molecule has 0 radical (unpaired) electrons. The number of carbonyl (C=O) groups excluding carboxylic acids is 2. The fourth-order valence-electron chi connectivity index (χ4n) is 5.44. The molecule has 0 spiro atoms. The van der Waals surface area contributed by atoms with Gasteiger partial charge in [0.1, 0.15) is 11.2 Å². The number of benzene rings is 3. The van der Waals surface area contributed by atoms with Gasteiger partial charge in [-0.2, -0.15) is 0 Å². The summed E-state index contributed by atoms with van der Waals surface area (Å²) in [4.78, 5) is 32.1. The molecule has 0 unspecified atom stereocenters. The highest BCUT2D eigenvalue weighted by Crippen LogP contribution is 2.39. The summed E-state index contributed by atoms with van der Waals surface area (Å²) in [5.41, 5.74) is 4.33. The summed E-state index contributed by atoms with van der Waals surface area (Å²) in [6.07, 6.45) is 5.92. The zero-order valence-corrected chi connectivity index (χ0v) is 25.1. The van der Waals surface area contributed by atoms with Crippen LogP contribution in [-0.2, 0) is 11.8 Å². The SMILES string of the molecule is Cc1cc2c(ncn2C)c(Cl)c1-c1cccn2c(C(=O)c3cc(F)c(N(C(=O)/C=C/CCl)c4ccccc4)c(F)c3)ccc12. The second-order valence-electron chi connectivity index (χ2n) is 10.2. The molecule has 10 heteroatoms. The summed E-state index contributed by atoms with van der Waals surface area (Å²) < 4.78 is 34.9. The molecule has 0 aliphatic heterocycles. The van der Waals surface area contributed by atoms with Gasteiger partial charge in [-0.1, -0.05) is 41.9 Å². The van der Waals surface area contributed by atoms with E-state index in [1.165, 1.54) is 6.08 Å². The standard InChI is InChI=1S/C34H24Cl2F2N4O2/c1-20-16-28-32(39-19-40(28)2)31(36)30(20)23-10-7-15-41-26(23)12-13-27(41)34(44)21-17-24(37)33(25(38)18-21)42(29(43)11-6-14-35)22-8-4-3-5-9-22/h3-13,15-19H,14H2,1-2H3/b11-6+. The lowest BCUT2D eigenvalue weighted by molar-refractivity contribution is -0.113. The van der Waals surface area contributed by atoms with E-state index >= 15 is 8.78 Å². The number of imidazole rings is 1. The van der Waals surface area contributed by atoms with E-state index in [1.807, 2.05) is 30.7 Å². The highest BCUT2D eigenvalue weighted by Gasteiger charge is 2.27. The summed E-state index contributed by atoms with van der Waals surface area (Å²) in [6.45, 7) is 1.95. The zero-order chi connectivity index (χ0) is 31.1. The molecule has 0 bridgehead atoms. The van der Waals surface area contributed by atoms with Crippen LogP contribution in [0, 0.1) is 18.6 Å². The van der Waals surface area contributed by atoms with Gasteiger partial charge in [0.25, 0.3) is 5.91 Å². The molecule has 6 rings (SSSR count). The van der Waals surface area contributed by atoms with Crippen LogP contribution in [0.5, 0.6) is 0 Å². The van der Waals surface area contributed by atoms with Gasteiger partial charge in [-0.25, -0.2) is 13.8 Å². The zero-order valence-electron chi connectivity index (χ0n) is 23.6. The van der Waals surface area contributed by atoms with Crippen molar-refractivity contribution in [2.75, 3.05) is 10.8 Å². The van der Waals surface area contributed by atoms with Gasteiger partial charge in [-0.05, 0) is 61.0 Å². The molecule has 0 saturated heterocycles. The first-order chi connectivity index (χ1) is 21.2. The van der Waals surface area contributed by atoms with Crippen molar-refractivity contribution >= 4 is 62.8 Å². The molecule has 0 N–H and O–H groups in total. The number of pyridine rings is 1. The van der Waals surface area contributed by atoms with Gasteiger partial charge < -0.3 is 8.97 Å². The number of nitrogens with zero attached hydrogens (tertiary/aromatic N) is 4. The number of rotatable bonds is 7. The summed E-state index contributed by atoms with van der Waals surface area (Å²) in [5.74, 6) is -3.40. The van der Waals surface area contributed by atoms with Crippen LogP contribution in [0.4, 0.5) is 20.2 Å². The molecule has 220 valence electrons. The third-order valence-electron chi connectivity index (χ3n) is 7.44. The lowest BCUT2D eigenvalue weighted by Crippen LogP contribution is -2.26. The van der Waals surface area contributed by atoms with Crippen molar-refractivity contribution in [3.8, 4) is 11.1 Å². The lowest BCUT2D eigenvalue weighted by Gasteiger charge is -2.23. The van der Waals surface area contributed by atoms with Crippen molar-refractivity contribution < 1.29 is 18.4 Å². The summed E-state index contributed by atoms with van der Waals surface area (Å²) >= 11 is 12.5. The quantitative estimate of drug-likeness (QED) is 0.101. The Morgan fingerprint density at radius 1 is 0.977 bits per heavy atom. The molecule has 0 saturated carbocycles. The number of ketones is 1.